The molecule has 6 heteroatoms. The van der Waals surface area contributed by atoms with E-state index in [1.165, 1.54) is 12.1 Å². The van der Waals surface area contributed by atoms with Gasteiger partial charge in [0.2, 0.25) is 0 Å². The summed E-state index contributed by atoms with van der Waals surface area (Å²) < 4.78 is 0. The average Bonchev–Trinajstić information content (AvgIpc) is 2.41. The number of nitro groups is 1. The van der Waals surface area contributed by atoms with E-state index in [2.05, 4.69) is 5.43 Å². The Morgan fingerprint density at radius 1 is 1.11 bits per heavy atom. The molecule has 2 aromatic rings. The molecule has 0 unspecified atom stereocenters. The molecule has 2 rings (SSSR count). The Kier molecular flexibility index (Phi) is 3.51. The first-order valence-electron chi connectivity index (χ1n) is 5.66. The zero-order valence-electron chi connectivity index (χ0n) is 10.4. The quantitative estimate of drug-likeness (QED) is 0.500. The first kappa shape index (κ1) is 12.7. The van der Waals surface area contributed by atoms with E-state index in [0.717, 1.165) is 11.4 Å². The average molecular weight is 258 g/mol. The molecule has 0 atom stereocenters. The van der Waals surface area contributed by atoms with Crippen molar-refractivity contribution < 1.29 is 4.92 Å². The molecule has 2 aromatic carbocycles. The van der Waals surface area contributed by atoms with Crippen molar-refractivity contribution in [2.45, 2.75) is 0 Å². The second-order valence-corrected chi connectivity index (χ2v) is 4.07. The minimum absolute atomic E-state index is 0.0737. The predicted octanol–water partition coefficient (Wildman–Crippen LogP) is 2.64. The Balaban J connectivity index is 2.09. The highest BCUT2D eigenvalue weighted by atomic mass is 16.6. The number of nitrogens with zero attached hydrogens (tertiary/aromatic N) is 2. The zero-order valence-corrected chi connectivity index (χ0v) is 10.4. The Labute approximate surface area is 110 Å². The van der Waals surface area contributed by atoms with Gasteiger partial charge in [-0.15, -0.1) is 0 Å². The normalized spacial score (nSPS) is 9.95. The lowest BCUT2D eigenvalue weighted by molar-refractivity contribution is -0.384. The third-order valence-electron chi connectivity index (χ3n) is 2.66. The molecular formula is C13H14N4O2. The number of nitrogen functional groups attached to an aromatic ring is 1. The highest BCUT2D eigenvalue weighted by Crippen LogP contribution is 2.19. The van der Waals surface area contributed by atoms with Crippen LogP contribution in [0.4, 0.5) is 22.7 Å². The van der Waals surface area contributed by atoms with Crippen LogP contribution in [0.2, 0.25) is 0 Å². The van der Waals surface area contributed by atoms with Crippen molar-refractivity contribution in [2.75, 3.05) is 23.2 Å². The van der Waals surface area contributed by atoms with Crippen molar-refractivity contribution >= 4 is 22.7 Å². The van der Waals surface area contributed by atoms with Crippen molar-refractivity contribution in [3.63, 3.8) is 0 Å². The summed E-state index contributed by atoms with van der Waals surface area (Å²) in [6.07, 6.45) is 0. The van der Waals surface area contributed by atoms with Crippen LogP contribution in [0.15, 0.2) is 48.5 Å². The van der Waals surface area contributed by atoms with Gasteiger partial charge >= 0.3 is 0 Å². The third kappa shape index (κ3) is 3.12. The van der Waals surface area contributed by atoms with Crippen molar-refractivity contribution in [2.24, 2.45) is 0 Å². The van der Waals surface area contributed by atoms with Crippen LogP contribution in [-0.2, 0) is 0 Å². The number of hydrazine groups is 1. The summed E-state index contributed by atoms with van der Waals surface area (Å²) in [5, 5.41) is 12.3. The lowest BCUT2D eigenvalue weighted by Gasteiger charge is -2.21. The van der Waals surface area contributed by atoms with Gasteiger partial charge in [0.05, 0.1) is 16.3 Å². The van der Waals surface area contributed by atoms with Gasteiger partial charge in [-0.3, -0.25) is 20.5 Å². The Hall–Kier alpha value is -2.76. The van der Waals surface area contributed by atoms with Crippen LogP contribution in [0.3, 0.4) is 0 Å². The zero-order chi connectivity index (χ0) is 13.8. The van der Waals surface area contributed by atoms with Crippen LogP contribution in [0.1, 0.15) is 0 Å². The number of hydrogen-bond acceptors (Lipinski definition) is 5. The van der Waals surface area contributed by atoms with Gasteiger partial charge in [-0.1, -0.05) is 0 Å². The fourth-order valence-corrected chi connectivity index (χ4v) is 1.61. The van der Waals surface area contributed by atoms with Crippen molar-refractivity contribution in [3.8, 4) is 0 Å². The van der Waals surface area contributed by atoms with E-state index in [0.29, 0.717) is 5.69 Å². The van der Waals surface area contributed by atoms with Crippen LogP contribution in [0.25, 0.3) is 0 Å². The molecule has 0 aromatic heterocycles. The van der Waals surface area contributed by atoms with Gasteiger partial charge in [-0.2, -0.15) is 0 Å². The molecule has 0 bridgehead atoms. The fraction of sp³-hybridized carbons (Fsp3) is 0.0769. The Bertz CT molecular complexity index is 566. The van der Waals surface area contributed by atoms with E-state index in [-0.39, 0.29) is 5.69 Å². The molecule has 0 aliphatic rings. The number of benzene rings is 2. The van der Waals surface area contributed by atoms with Crippen LogP contribution in [-0.4, -0.2) is 12.0 Å². The van der Waals surface area contributed by atoms with Crippen molar-refractivity contribution in [3.05, 3.63) is 58.6 Å². The van der Waals surface area contributed by atoms with Crippen molar-refractivity contribution in [1.29, 1.82) is 0 Å². The second kappa shape index (κ2) is 5.26. The first-order valence-corrected chi connectivity index (χ1v) is 5.66. The van der Waals surface area contributed by atoms with Gasteiger partial charge in [0.15, 0.2) is 0 Å². The van der Waals surface area contributed by atoms with E-state index in [1.807, 2.05) is 19.2 Å². The maximum absolute atomic E-state index is 10.6. The standard InChI is InChI=1S/C13H14N4O2/c1-16(15-11-4-2-10(14)3-5-11)12-6-8-13(9-7-12)17(18)19/h2-9,15H,14H2,1H3. The summed E-state index contributed by atoms with van der Waals surface area (Å²) in [7, 11) is 1.83. The summed E-state index contributed by atoms with van der Waals surface area (Å²) in [4.78, 5) is 10.2. The Morgan fingerprint density at radius 3 is 2.21 bits per heavy atom. The molecule has 0 fully saturated rings. The molecule has 0 saturated carbocycles. The molecule has 0 amide bonds. The molecule has 3 N–H and O–H groups in total. The molecule has 0 saturated heterocycles. The SMILES string of the molecule is CN(Nc1ccc(N)cc1)c1ccc([N+](=O)[O-])cc1. The maximum Gasteiger partial charge on any atom is 0.269 e. The van der Waals surface area contributed by atoms with Crippen LogP contribution in [0, 0.1) is 10.1 Å². The summed E-state index contributed by atoms with van der Waals surface area (Å²) in [6.45, 7) is 0. The molecule has 0 aliphatic heterocycles. The number of nitrogens with two attached hydrogens (primary N) is 1. The maximum atomic E-state index is 10.6. The van der Waals surface area contributed by atoms with E-state index in [4.69, 9.17) is 5.73 Å². The van der Waals surface area contributed by atoms with Crippen LogP contribution < -0.4 is 16.2 Å². The minimum Gasteiger partial charge on any atom is -0.399 e. The molecule has 98 valence electrons. The molecule has 19 heavy (non-hydrogen) atoms. The molecular weight excluding hydrogens is 244 g/mol. The van der Waals surface area contributed by atoms with E-state index < -0.39 is 4.92 Å². The third-order valence-corrected chi connectivity index (χ3v) is 2.66. The predicted molar refractivity (Wildman–Crippen MR) is 76.0 cm³/mol. The highest BCUT2D eigenvalue weighted by Gasteiger charge is 2.06. The molecule has 6 nitrogen and oxygen atoms in total. The topological polar surface area (TPSA) is 84.4 Å². The van der Waals surface area contributed by atoms with Gasteiger partial charge in [0.1, 0.15) is 0 Å². The molecule has 0 radical (unpaired) electrons. The van der Waals surface area contributed by atoms with Gasteiger partial charge in [0, 0.05) is 24.9 Å². The van der Waals surface area contributed by atoms with E-state index >= 15 is 0 Å². The summed E-state index contributed by atoms with van der Waals surface area (Å²) in [5.74, 6) is 0. The van der Waals surface area contributed by atoms with Gasteiger partial charge in [-0.05, 0) is 36.4 Å². The van der Waals surface area contributed by atoms with Crippen LogP contribution >= 0.6 is 0 Å². The smallest absolute Gasteiger partial charge is 0.269 e. The van der Waals surface area contributed by atoms with Gasteiger partial charge < -0.3 is 5.73 Å². The lowest BCUT2D eigenvalue weighted by Crippen LogP contribution is -2.24. The number of nitrogens with one attached hydrogen (secondary N) is 1. The number of nitro benzene ring substituents is 1. The van der Waals surface area contributed by atoms with Crippen molar-refractivity contribution in [1.82, 2.24) is 0 Å². The second-order valence-electron chi connectivity index (χ2n) is 4.07. The highest BCUT2D eigenvalue weighted by molar-refractivity contribution is 5.58. The molecule has 0 heterocycles. The van der Waals surface area contributed by atoms with E-state index in [1.54, 1.807) is 29.3 Å². The molecule has 0 aliphatic carbocycles. The Morgan fingerprint density at radius 2 is 1.68 bits per heavy atom. The minimum atomic E-state index is -0.419. The summed E-state index contributed by atoms with van der Waals surface area (Å²) in [6, 6.07) is 13.6. The largest absolute Gasteiger partial charge is 0.399 e. The van der Waals surface area contributed by atoms with Crippen LogP contribution in [0.5, 0.6) is 0 Å². The van der Waals surface area contributed by atoms with Gasteiger partial charge in [-0.25, -0.2) is 0 Å². The monoisotopic (exact) mass is 258 g/mol. The lowest BCUT2D eigenvalue weighted by atomic mass is 10.3. The molecule has 0 spiro atoms. The number of rotatable bonds is 4. The first-order chi connectivity index (χ1) is 9.06. The number of non-ortho nitro benzene ring substituents is 1. The fourth-order valence-electron chi connectivity index (χ4n) is 1.61. The van der Waals surface area contributed by atoms with E-state index in [9.17, 15) is 10.1 Å². The summed E-state index contributed by atoms with van der Waals surface area (Å²) >= 11 is 0. The number of hydrogen-bond donors (Lipinski definition) is 2. The summed E-state index contributed by atoms with van der Waals surface area (Å²) in [5.41, 5.74) is 11.2. The number of anilines is 3. The van der Waals surface area contributed by atoms with Gasteiger partial charge in [0.25, 0.3) is 5.69 Å².